The second kappa shape index (κ2) is 4.50. The average Bonchev–Trinajstić information content (AvgIpc) is 3.03. The highest BCUT2D eigenvalue weighted by Gasteiger charge is 2.35. The van der Waals surface area contributed by atoms with Crippen molar-refractivity contribution in [3.63, 3.8) is 0 Å². The Bertz CT molecular complexity index is 483. The van der Waals surface area contributed by atoms with Gasteiger partial charge in [0.2, 0.25) is 0 Å². The molecule has 104 valence electrons. The summed E-state index contributed by atoms with van der Waals surface area (Å²) in [5.74, 6) is 1.53. The van der Waals surface area contributed by atoms with E-state index in [0.717, 1.165) is 18.4 Å². The summed E-state index contributed by atoms with van der Waals surface area (Å²) >= 11 is 0. The first kappa shape index (κ1) is 13.0. The maximum atomic E-state index is 14.0. The number of halogens is 1. The van der Waals surface area contributed by atoms with Gasteiger partial charge in [-0.15, -0.1) is 0 Å². The van der Waals surface area contributed by atoms with E-state index in [0.29, 0.717) is 24.2 Å². The zero-order chi connectivity index (χ0) is 13.6. The quantitative estimate of drug-likeness (QED) is 0.767. The third-order valence-electron chi connectivity index (χ3n) is 4.51. The van der Waals surface area contributed by atoms with Crippen LogP contribution in [0.2, 0.25) is 0 Å². The molecule has 0 aromatic heterocycles. The molecule has 0 N–H and O–H groups in total. The lowest BCUT2D eigenvalue weighted by molar-refractivity contribution is 0.282. The number of ether oxygens (including phenoxy) is 1. The van der Waals surface area contributed by atoms with E-state index in [-0.39, 0.29) is 11.2 Å². The number of hydrogen-bond donors (Lipinski definition) is 0. The largest absolute Gasteiger partial charge is 0.490 e. The molecule has 1 saturated carbocycles. The van der Waals surface area contributed by atoms with Crippen molar-refractivity contribution < 1.29 is 9.13 Å². The molecular weight excluding hydrogens is 239 g/mol. The second-order valence-electron chi connectivity index (χ2n) is 7.16. The van der Waals surface area contributed by atoms with Crippen molar-refractivity contribution in [1.82, 2.24) is 0 Å². The molecule has 0 saturated heterocycles. The van der Waals surface area contributed by atoms with Gasteiger partial charge in [0.1, 0.15) is 0 Å². The van der Waals surface area contributed by atoms with Crippen molar-refractivity contribution in [1.29, 1.82) is 0 Å². The molecule has 0 spiro atoms. The third kappa shape index (κ3) is 2.50. The van der Waals surface area contributed by atoms with Gasteiger partial charge in [0.25, 0.3) is 0 Å². The predicted octanol–water partition coefficient (Wildman–Crippen LogP) is 4.69. The van der Waals surface area contributed by atoms with Crippen molar-refractivity contribution in [3.05, 3.63) is 29.1 Å². The lowest BCUT2D eigenvalue weighted by Crippen LogP contribution is -2.16. The molecule has 0 aliphatic heterocycles. The van der Waals surface area contributed by atoms with Gasteiger partial charge in [0.15, 0.2) is 11.6 Å². The van der Waals surface area contributed by atoms with Crippen LogP contribution in [0.1, 0.15) is 57.1 Å². The monoisotopic (exact) mass is 262 g/mol. The van der Waals surface area contributed by atoms with Crippen molar-refractivity contribution in [2.24, 2.45) is 11.3 Å². The van der Waals surface area contributed by atoms with Crippen LogP contribution in [0, 0.1) is 17.2 Å². The van der Waals surface area contributed by atoms with Crippen LogP contribution >= 0.6 is 0 Å². The van der Waals surface area contributed by atoms with Gasteiger partial charge >= 0.3 is 0 Å². The third-order valence-corrected chi connectivity index (χ3v) is 4.51. The van der Waals surface area contributed by atoms with Gasteiger partial charge in [-0.05, 0) is 54.6 Å². The molecule has 2 heteroatoms. The smallest absolute Gasteiger partial charge is 0.165 e. The fourth-order valence-corrected chi connectivity index (χ4v) is 3.18. The number of benzene rings is 1. The second-order valence-corrected chi connectivity index (χ2v) is 7.16. The number of rotatable bonds is 3. The van der Waals surface area contributed by atoms with Crippen molar-refractivity contribution >= 4 is 0 Å². The fraction of sp³-hybridized carbons (Fsp3) is 0.647. The van der Waals surface area contributed by atoms with E-state index in [1.807, 2.05) is 6.07 Å². The molecule has 0 unspecified atom stereocenters. The standard InChI is InChI=1S/C17H23FO/c1-17(2,3)14-8-6-13-12(14)7-9-15(18)16(13)19-10-11-4-5-11/h7,9,11,14H,4-6,8,10H2,1-3H3/t14-/m0/s1. The molecule has 19 heavy (non-hydrogen) atoms. The zero-order valence-electron chi connectivity index (χ0n) is 12.1. The Morgan fingerprint density at radius 3 is 2.58 bits per heavy atom. The fourth-order valence-electron chi connectivity index (χ4n) is 3.18. The molecule has 1 nitrogen and oxygen atoms in total. The minimum atomic E-state index is -0.186. The van der Waals surface area contributed by atoms with Gasteiger partial charge in [-0.2, -0.15) is 0 Å². The van der Waals surface area contributed by atoms with Gasteiger partial charge in [-0.3, -0.25) is 0 Å². The van der Waals surface area contributed by atoms with Crippen LogP contribution in [0.25, 0.3) is 0 Å². The minimum absolute atomic E-state index is 0.186. The van der Waals surface area contributed by atoms with Crippen molar-refractivity contribution in [3.8, 4) is 5.75 Å². The van der Waals surface area contributed by atoms with Gasteiger partial charge in [-0.25, -0.2) is 4.39 Å². The molecule has 0 amide bonds. The van der Waals surface area contributed by atoms with Gasteiger partial charge < -0.3 is 4.74 Å². The molecule has 0 radical (unpaired) electrons. The maximum Gasteiger partial charge on any atom is 0.165 e. The van der Waals surface area contributed by atoms with E-state index in [1.165, 1.54) is 18.4 Å². The summed E-state index contributed by atoms with van der Waals surface area (Å²) in [6.07, 6.45) is 4.54. The summed E-state index contributed by atoms with van der Waals surface area (Å²) in [6.45, 7) is 7.48. The normalized spacial score (nSPS) is 22.4. The van der Waals surface area contributed by atoms with E-state index in [4.69, 9.17) is 4.74 Å². The van der Waals surface area contributed by atoms with Crippen LogP contribution in [0.15, 0.2) is 12.1 Å². The first-order valence-corrected chi connectivity index (χ1v) is 7.41. The molecule has 2 aliphatic rings. The molecule has 2 aliphatic carbocycles. The number of fused-ring (bicyclic) bond motifs is 1. The molecule has 1 fully saturated rings. The van der Waals surface area contributed by atoms with Crippen LogP contribution < -0.4 is 4.74 Å². The summed E-state index contributed by atoms with van der Waals surface area (Å²) in [4.78, 5) is 0. The molecule has 3 rings (SSSR count). The summed E-state index contributed by atoms with van der Waals surface area (Å²) in [6, 6.07) is 3.56. The van der Waals surface area contributed by atoms with Gasteiger partial charge in [0.05, 0.1) is 6.61 Å². The van der Waals surface area contributed by atoms with Crippen LogP contribution in [0.3, 0.4) is 0 Å². The summed E-state index contributed by atoms with van der Waals surface area (Å²) in [7, 11) is 0. The highest BCUT2D eigenvalue weighted by molar-refractivity contribution is 5.47. The van der Waals surface area contributed by atoms with E-state index in [9.17, 15) is 4.39 Å². The van der Waals surface area contributed by atoms with Gasteiger partial charge in [-0.1, -0.05) is 26.8 Å². The highest BCUT2D eigenvalue weighted by Crippen LogP contribution is 2.48. The predicted molar refractivity (Wildman–Crippen MR) is 75.1 cm³/mol. The Morgan fingerprint density at radius 1 is 1.21 bits per heavy atom. The Hall–Kier alpha value is -1.05. The lowest BCUT2D eigenvalue weighted by Gasteiger charge is -2.28. The summed E-state index contributed by atoms with van der Waals surface area (Å²) in [5.41, 5.74) is 2.66. The van der Waals surface area contributed by atoms with Crippen LogP contribution in [0.5, 0.6) is 5.75 Å². The Balaban J connectivity index is 1.90. The van der Waals surface area contributed by atoms with Gasteiger partial charge in [0, 0.05) is 5.56 Å². The Morgan fingerprint density at radius 2 is 1.95 bits per heavy atom. The molecule has 1 atom stereocenters. The Labute approximate surface area is 115 Å². The molecular formula is C17H23FO. The van der Waals surface area contributed by atoms with E-state index < -0.39 is 0 Å². The van der Waals surface area contributed by atoms with E-state index in [2.05, 4.69) is 20.8 Å². The van der Waals surface area contributed by atoms with Crippen molar-refractivity contribution in [2.75, 3.05) is 6.61 Å². The van der Waals surface area contributed by atoms with Crippen LogP contribution in [0.4, 0.5) is 4.39 Å². The minimum Gasteiger partial charge on any atom is -0.490 e. The van der Waals surface area contributed by atoms with Crippen LogP contribution in [-0.4, -0.2) is 6.61 Å². The molecule has 0 bridgehead atoms. The number of hydrogen-bond acceptors (Lipinski definition) is 1. The highest BCUT2D eigenvalue weighted by atomic mass is 19.1. The SMILES string of the molecule is CC(C)(C)[C@H]1CCc2c1ccc(F)c2OCC1CC1. The van der Waals surface area contributed by atoms with E-state index in [1.54, 1.807) is 6.07 Å². The molecule has 0 heterocycles. The zero-order valence-corrected chi connectivity index (χ0v) is 12.1. The topological polar surface area (TPSA) is 9.23 Å². The maximum absolute atomic E-state index is 14.0. The first-order chi connectivity index (χ1) is 8.97. The first-order valence-electron chi connectivity index (χ1n) is 7.41. The lowest BCUT2D eigenvalue weighted by atomic mass is 9.77. The van der Waals surface area contributed by atoms with E-state index >= 15 is 0 Å². The molecule has 1 aromatic rings. The van der Waals surface area contributed by atoms with Crippen molar-refractivity contribution in [2.45, 2.75) is 52.4 Å². The Kier molecular flexibility index (Phi) is 3.07. The molecule has 1 aromatic carbocycles. The average molecular weight is 262 g/mol. The summed E-state index contributed by atoms with van der Waals surface area (Å²) in [5, 5.41) is 0. The summed E-state index contributed by atoms with van der Waals surface area (Å²) < 4.78 is 19.8. The van der Waals surface area contributed by atoms with Crippen LogP contribution in [-0.2, 0) is 6.42 Å².